The molecule has 4 nitrogen and oxygen atoms in total. The lowest BCUT2D eigenvalue weighted by Gasteiger charge is -2.21. The highest BCUT2D eigenvalue weighted by atomic mass is 16.6. The van der Waals surface area contributed by atoms with E-state index in [1.54, 1.807) is 0 Å². The zero-order chi connectivity index (χ0) is 16.0. The maximum Gasteiger partial charge on any atom is 0.334 e. The van der Waals surface area contributed by atoms with Gasteiger partial charge in [-0.25, -0.2) is 4.79 Å². The molecule has 21 heavy (non-hydrogen) atoms. The molecule has 4 heteroatoms. The molecule has 0 aromatic rings. The Morgan fingerprint density at radius 1 is 1.14 bits per heavy atom. The minimum atomic E-state index is -1.12. The van der Waals surface area contributed by atoms with Crippen molar-refractivity contribution in [1.82, 2.24) is 0 Å². The number of carbonyl (C=O) groups is 1. The van der Waals surface area contributed by atoms with Gasteiger partial charge in [0.15, 0.2) is 5.60 Å². The molecule has 0 aliphatic carbocycles. The molecule has 0 aromatic heterocycles. The van der Waals surface area contributed by atoms with Gasteiger partial charge in [0, 0.05) is 12.0 Å². The number of rotatable bonds is 8. The van der Waals surface area contributed by atoms with Gasteiger partial charge in [-0.1, -0.05) is 33.8 Å². The van der Waals surface area contributed by atoms with Crippen molar-refractivity contribution in [1.29, 1.82) is 0 Å². The minimum Gasteiger partial charge on any atom is -0.450 e. The lowest BCUT2D eigenvalue weighted by molar-refractivity contribution is -0.154. The fourth-order valence-corrected chi connectivity index (χ4v) is 3.03. The minimum absolute atomic E-state index is 0.301. The number of aliphatic hydroxyl groups is 2. The van der Waals surface area contributed by atoms with Crippen molar-refractivity contribution < 1.29 is 19.7 Å². The SMILES string of the molecule is CC(C)CC(C/C=C1\CC(CO)(CO)OC1=O)CC(C)C. The summed E-state index contributed by atoms with van der Waals surface area (Å²) in [5.74, 6) is 1.43. The van der Waals surface area contributed by atoms with Crippen molar-refractivity contribution in [3.05, 3.63) is 11.6 Å². The Hall–Kier alpha value is -0.870. The highest BCUT2D eigenvalue weighted by Crippen LogP contribution is 2.32. The molecule has 0 spiro atoms. The van der Waals surface area contributed by atoms with Gasteiger partial charge in [0.1, 0.15) is 0 Å². The molecule has 1 fully saturated rings. The molecule has 1 aliphatic rings. The van der Waals surface area contributed by atoms with Crippen LogP contribution in [0.4, 0.5) is 0 Å². The van der Waals surface area contributed by atoms with Gasteiger partial charge in [-0.3, -0.25) is 0 Å². The van der Waals surface area contributed by atoms with Gasteiger partial charge < -0.3 is 14.9 Å². The van der Waals surface area contributed by atoms with E-state index in [9.17, 15) is 15.0 Å². The van der Waals surface area contributed by atoms with Gasteiger partial charge in [0.2, 0.25) is 0 Å². The van der Waals surface area contributed by atoms with Crippen LogP contribution in [-0.2, 0) is 9.53 Å². The van der Waals surface area contributed by atoms with E-state index in [0.29, 0.717) is 29.7 Å². The van der Waals surface area contributed by atoms with Gasteiger partial charge in [0.25, 0.3) is 0 Å². The number of hydrogen-bond donors (Lipinski definition) is 2. The van der Waals surface area contributed by atoms with Crippen LogP contribution in [-0.4, -0.2) is 35.0 Å². The number of allylic oxidation sites excluding steroid dienone is 1. The smallest absolute Gasteiger partial charge is 0.334 e. The maximum absolute atomic E-state index is 11.9. The summed E-state index contributed by atoms with van der Waals surface area (Å²) in [6, 6.07) is 0. The van der Waals surface area contributed by atoms with E-state index in [2.05, 4.69) is 27.7 Å². The predicted molar refractivity (Wildman–Crippen MR) is 82.7 cm³/mol. The quantitative estimate of drug-likeness (QED) is 0.534. The largest absolute Gasteiger partial charge is 0.450 e. The van der Waals surface area contributed by atoms with Gasteiger partial charge in [-0.05, 0) is 37.0 Å². The molecular weight excluding hydrogens is 268 g/mol. The summed E-state index contributed by atoms with van der Waals surface area (Å²) in [5, 5.41) is 18.6. The second-order valence-corrected chi connectivity index (χ2v) is 7.16. The van der Waals surface area contributed by atoms with Crippen LogP contribution in [0, 0.1) is 17.8 Å². The number of ether oxygens (including phenoxy) is 1. The van der Waals surface area contributed by atoms with E-state index in [1.165, 1.54) is 0 Å². The summed E-state index contributed by atoms with van der Waals surface area (Å²) < 4.78 is 5.15. The van der Waals surface area contributed by atoms with Crippen molar-refractivity contribution in [2.75, 3.05) is 13.2 Å². The number of hydrogen-bond acceptors (Lipinski definition) is 4. The topological polar surface area (TPSA) is 66.8 Å². The van der Waals surface area contributed by atoms with Crippen LogP contribution in [0.2, 0.25) is 0 Å². The molecular formula is C17H30O4. The summed E-state index contributed by atoms with van der Waals surface area (Å²) in [6.45, 7) is 8.18. The van der Waals surface area contributed by atoms with Gasteiger partial charge in [-0.15, -0.1) is 0 Å². The Balaban J connectivity index is 2.70. The van der Waals surface area contributed by atoms with Crippen molar-refractivity contribution in [3.8, 4) is 0 Å². The second-order valence-electron chi connectivity index (χ2n) is 7.16. The molecule has 0 bridgehead atoms. The van der Waals surface area contributed by atoms with E-state index in [-0.39, 0.29) is 13.2 Å². The lowest BCUT2D eigenvalue weighted by Crippen LogP contribution is -2.37. The third-order valence-electron chi connectivity index (χ3n) is 3.97. The zero-order valence-electron chi connectivity index (χ0n) is 13.8. The fraction of sp³-hybridized carbons (Fsp3) is 0.824. The first-order valence-electron chi connectivity index (χ1n) is 7.96. The molecule has 0 amide bonds. The van der Waals surface area contributed by atoms with Gasteiger partial charge in [-0.2, -0.15) is 0 Å². The summed E-state index contributed by atoms with van der Waals surface area (Å²) in [7, 11) is 0. The van der Waals surface area contributed by atoms with E-state index in [0.717, 1.165) is 19.3 Å². The molecule has 0 aromatic carbocycles. The first kappa shape index (κ1) is 18.2. The second kappa shape index (κ2) is 7.95. The van der Waals surface area contributed by atoms with Crippen LogP contribution in [0.3, 0.4) is 0 Å². The molecule has 122 valence electrons. The maximum atomic E-state index is 11.9. The first-order valence-corrected chi connectivity index (χ1v) is 7.96. The van der Waals surface area contributed by atoms with E-state index in [4.69, 9.17) is 4.74 Å². The third kappa shape index (κ3) is 5.44. The Morgan fingerprint density at radius 2 is 1.67 bits per heavy atom. The molecule has 0 saturated carbocycles. The molecule has 1 rings (SSSR count). The van der Waals surface area contributed by atoms with Crippen LogP contribution >= 0.6 is 0 Å². The zero-order valence-corrected chi connectivity index (χ0v) is 13.8. The van der Waals surface area contributed by atoms with Crippen LogP contribution in [0.1, 0.15) is 53.4 Å². The monoisotopic (exact) mass is 298 g/mol. The summed E-state index contributed by atoms with van der Waals surface area (Å²) in [4.78, 5) is 11.9. The molecule has 0 atom stereocenters. The summed E-state index contributed by atoms with van der Waals surface area (Å²) in [5.41, 5.74) is -0.523. The normalized spacial score (nSPS) is 20.0. The van der Waals surface area contributed by atoms with E-state index in [1.807, 2.05) is 6.08 Å². The van der Waals surface area contributed by atoms with Crippen molar-refractivity contribution in [3.63, 3.8) is 0 Å². The molecule has 1 aliphatic heterocycles. The van der Waals surface area contributed by atoms with Crippen LogP contribution < -0.4 is 0 Å². The van der Waals surface area contributed by atoms with Crippen molar-refractivity contribution >= 4 is 5.97 Å². The van der Waals surface area contributed by atoms with E-state index >= 15 is 0 Å². The van der Waals surface area contributed by atoms with Gasteiger partial charge in [0.05, 0.1) is 13.2 Å². The molecule has 1 saturated heterocycles. The Morgan fingerprint density at radius 3 is 2.05 bits per heavy atom. The van der Waals surface area contributed by atoms with Crippen LogP contribution in [0.15, 0.2) is 11.6 Å². The highest BCUT2D eigenvalue weighted by molar-refractivity contribution is 5.91. The van der Waals surface area contributed by atoms with Crippen LogP contribution in [0.25, 0.3) is 0 Å². The number of carbonyl (C=O) groups excluding carboxylic acids is 1. The molecule has 0 unspecified atom stereocenters. The highest BCUT2D eigenvalue weighted by Gasteiger charge is 2.42. The Bertz CT molecular complexity index is 357. The predicted octanol–water partition coefficient (Wildman–Crippen LogP) is 2.68. The Labute approximate surface area is 128 Å². The average molecular weight is 298 g/mol. The number of aliphatic hydroxyl groups excluding tert-OH is 2. The van der Waals surface area contributed by atoms with Crippen LogP contribution in [0.5, 0.6) is 0 Å². The molecule has 0 radical (unpaired) electrons. The Kier molecular flexibility index (Phi) is 6.88. The fourth-order valence-electron chi connectivity index (χ4n) is 3.03. The van der Waals surface area contributed by atoms with Crippen molar-refractivity contribution in [2.45, 2.75) is 59.0 Å². The molecule has 1 heterocycles. The number of cyclic esters (lactones) is 1. The first-order chi connectivity index (χ1) is 9.81. The summed E-state index contributed by atoms with van der Waals surface area (Å²) >= 11 is 0. The van der Waals surface area contributed by atoms with Gasteiger partial charge >= 0.3 is 5.97 Å². The lowest BCUT2D eigenvalue weighted by atomic mass is 9.86. The van der Waals surface area contributed by atoms with Crippen molar-refractivity contribution in [2.24, 2.45) is 17.8 Å². The molecule has 2 N–H and O–H groups in total. The summed E-state index contributed by atoms with van der Waals surface area (Å²) in [6.07, 6.45) is 5.39. The average Bonchev–Trinajstić information content (AvgIpc) is 2.72. The third-order valence-corrected chi connectivity index (χ3v) is 3.97. The van der Waals surface area contributed by atoms with E-state index < -0.39 is 11.6 Å². The number of esters is 1. The standard InChI is InChI=1S/C17H30O4/c1-12(2)7-14(8-13(3)4)5-6-15-9-17(10-18,11-19)21-16(15)20/h6,12-14,18-19H,5,7-11H2,1-4H3/b15-6+.